The number of nitrogens with zero attached hydrogens (tertiary/aromatic N) is 2. The average Bonchev–Trinajstić information content (AvgIpc) is 3.07. The number of amides is 4. The number of benzene rings is 2. The van der Waals surface area contributed by atoms with Crippen LogP contribution < -0.4 is 15.5 Å². The Kier molecular flexibility index (Phi) is 5.65. The van der Waals surface area contributed by atoms with E-state index in [0.29, 0.717) is 22.4 Å². The largest absolute Gasteiger partial charge is 0.375 e. The van der Waals surface area contributed by atoms with Gasteiger partial charge in [-0.05, 0) is 41.8 Å². The van der Waals surface area contributed by atoms with Crippen molar-refractivity contribution in [3.8, 4) is 0 Å². The van der Waals surface area contributed by atoms with Crippen LogP contribution in [0.1, 0.15) is 44.7 Å². The van der Waals surface area contributed by atoms with E-state index in [4.69, 9.17) is 0 Å². The standard InChI is InChI=1S/C23H23FN4O4/c1-27(2)18-6-3-13(9-17(18)24)11-25-21(30)14-4-5-15-12-28(23(32)16(15)10-14)19-7-8-20(29)26-22(19)31/h3-6,9-10,19H,7-8,11-12H2,1-2H3,(H,25,30)(H,26,29,31). The number of hydrogen-bond donors (Lipinski definition) is 2. The molecule has 1 unspecified atom stereocenters. The number of halogens is 1. The van der Waals surface area contributed by atoms with Crippen LogP contribution in [0.5, 0.6) is 0 Å². The van der Waals surface area contributed by atoms with Crippen LogP contribution in [-0.2, 0) is 22.7 Å². The van der Waals surface area contributed by atoms with Gasteiger partial charge in [0.25, 0.3) is 11.8 Å². The van der Waals surface area contributed by atoms with E-state index in [1.54, 1.807) is 43.3 Å². The van der Waals surface area contributed by atoms with Gasteiger partial charge in [-0.3, -0.25) is 24.5 Å². The van der Waals surface area contributed by atoms with E-state index in [1.165, 1.54) is 17.0 Å². The zero-order valence-corrected chi connectivity index (χ0v) is 17.8. The first kappa shape index (κ1) is 21.5. The van der Waals surface area contributed by atoms with E-state index >= 15 is 0 Å². The predicted molar refractivity (Wildman–Crippen MR) is 114 cm³/mol. The second-order valence-electron chi connectivity index (χ2n) is 8.13. The highest BCUT2D eigenvalue weighted by molar-refractivity contribution is 6.06. The molecule has 0 bridgehead atoms. The van der Waals surface area contributed by atoms with Crippen LogP contribution >= 0.6 is 0 Å². The fraction of sp³-hybridized carbons (Fsp3) is 0.304. The minimum Gasteiger partial charge on any atom is -0.375 e. The fourth-order valence-corrected chi connectivity index (χ4v) is 4.00. The number of carbonyl (C=O) groups is 4. The van der Waals surface area contributed by atoms with E-state index in [2.05, 4.69) is 10.6 Å². The van der Waals surface area contributed by atoms with Gasteiger partial charge in [0, 0.05) is 44.7 Å². The summed E-state index contributed by atoms with van der Waals surface area (Å²) in [6.45, 7) is 0.386. The number of hydrogen-bond acceptors (Lipinski definition) is 5. The maximum atomic E-state index is 14.1. The Hall–Kier alpha value is -3.75. The topological polar surface area (TPSA) is 98.8 Å². The van der Waals surface area contributed by atoms with Crippen molar-refractivity contribution in [1.29, 1.82) is 0 Å². The fourth-order valence-electron chi connectivity index (χ4n) is 4.00. The maximum absolute atomic E-state index is 14.1. The Morgan fingerprint density at radius 3 is 2.66 bits per heavy atom. The van der Waals surface area contributed by atoms with Gasteiger partial charge in [-0.2, -0.15) is 0 Å². The highest BCUT2D eigenvalue weighted by Gasteiger charge is 2.39. The third kappa shape index (κ3) is 4.05. The Morgan fingerprint density at radius 2 is 1.97 bits per heavy atom. The van der Waals surface area contributed by atoms with Gasteiger partial charge in [0.1, 0.15) is 11.9 Å². The van der Waals surface area contributed by atoms with Crippen molar-refractivity contribution in [3.63, 3.8) is 0 Å². The highest BCUT2D eigenvalue weighted by Crippen LogP contribution is 2.28. The second kappa shape index (κ2) is 8.41. The summed E-state index contributed by atoms with van der Waals surface area (Å²) in [7, 11) is 3.49. The smallest absolute Gasteiger partial charge is 0.255 e. The van der Waals surface area contributed by atoms with Gasteiger partial charge >= 0.3 is 0 Å². The van der Waals surface area contributed by atoms with Crippen molar-refractivity contribution in [2.45, 2.75) is 32.0 Å². The summed E-state index contributed by atoms with van der Waals surface area (Å²) in [5.74, 6) is -1.93. The Balaban J connectivity index is 1.44. The van der Waals surface area contributed by atoms with Crippen LogP contribution in [0.2, 0.25) is 0 Å². The van der Waals surface area contributed by atoms with Gasteiger partial charge in [-0.1, -0.05) is 12.1 Å². The number of piperidine rings is 1. The molecule has 2 heterocycles. The van der Waals surface area contributed by atoms with Gasteiger partial charge in [-0.15, -0.1) is 0 Å². The predicted octanol–water partition coefficient (Wildman–Crippen LogP) is 1.58. The summed E-state index contributed by atoms with van der Waals surface area (Å²) in [5.41, 5.74) is 2.45. The average molecular weight is 438 g/mol. The van der Waals surface area contributed by atoms with Crippen molar-refractivity contribution in [2.75, 3.05) is 19.0 Å². The van der Waals surface area contributed by atoms with E-state index in [9.17, 15) is 23.6 Å². The molecule has 2 N–H and O–H groups in total. The van der Waals surface area contributed by atoms with Crippen molar-refractivity contribution >= 4 is 29.3 Å². The third-order valence-corrected chi connectivity index (χ3v) is 5.74. The molecule has 1 atom stereocenters. The molecular weight excluding hydrogens is 415 g/mol. The molecule has 0 spiro atoms. The lowest BCUT2D eigenvalue weighted by Gasteiger charge is -2.29. The first-order chi connectivity index (χ1) is 15.2. The van der Waals surface area contributed by atoms with E-state index in [-0.39, 0.29) is 43.6 Å². The molecule has 2 aliphatic heterocycles. The Morgan fingerprint density at radius 1 is 1.19 bits per heavy atom. The van der Waals surface area contributed by atoms with Gasteiger partial charge in [-0.25, -0.2) is 4.39 Å². The molecule has 1 saturated heterocycles. The molecule has 1 fully saturated rings. The number of anilines is 1. The van der Waals surface area contributed by atoms with Gasteiger partial charge in [0.15, 0.2) is 0 Å². The zero-order chi connectivity index (χ0) is 23.0. The Bertz CT molecular complexity index is 1130. The number of nitrogens with one attached hydrogen (secondary N) is 2. The minimum absolute atomic E-state index is 0.136. The molecule has 166 valence electrons. The van der Waals surface area contributed by atoms with Crippen LogP contribution in [0, 0.1) is 5.82 Å². The molecule has 2 aromatic rings. The molecule has 4 rings (SSSR count). The third-order valence-electron chi connectivity index (χ3n) is 5.74. The molecule has 0 aromatic heterocycles. The van der Waals surface area contributed by atoms with Crippen LogP contribution in [0.25, 0.3) is 0 Å². The molecular formula is C23H23FN4O4. The number of rotatable bonds is 5. The number of imide groups is 1. The molecule has 0 radical (unpaired) electrons. The molecule has 0 saturated carbocycles. The molecule has 4 amide bonds. The Labute approximate surface area is 184 Å². The summed E-state index contributed by atoms with van der Waals surface area (Å²) < 4.78 is 14.1. The molecule has 8 nitrogen and oxygen atoms in total. The lowest BCUT2D eigenvalue weighted by molar-refractivity contribution is -0.136. The van der Waals surface area contributed by atoms with Crippen LogP contribution in [0.15, 0.2) is 36.4 Å². The molecule has 32 heavy (non-hydrogen) atoms. The van der Waals surface area contributed by atoms with Crippen molar-refractivity contribution in [3.05, 3.63) is 64.5 Å². The molecule has 2 aromatic carbocycles. The first-order valence-corrected chi connectivity index (χ1v) is 10.3. The molecule has 9 heteroatoms. The summed E-state index contributed by atoms with van der Waals surface area (Å²) in [6.07, 6.45) is 0.460. The lowest BCUT2D eigenvalue weighted by atomic mass is 10.0. The lowest BCUT2D eigenvalue weighted by Crippen LogP contribution is -2.52. The monoisotopic (exact) mass is 438 g/mol. The first-order valence-electron chi connectivity index (χ1n) is 10.3. The molecule has 2 aliphatic rings. The minimum atomic E-state index is -0.704. The van der Waals surface area contributed by atoms with E-state index in [0.717, 1.165) is 5.56 Å². The summed E-state index contributed by atoms with van der Waals surface area (Å²) in [4.78, 5) is 52.1. The van der Waals surface area contributed by atoms with Crippen LogP contribution in [0.4, 0.5) is 10.1 Å². The quantitative estimate of drug-likeness (QED) is 0.691. The summed E-state index contributed by atoms with van der Waals surface area (Å²) >= 11 is 0. The normalized spacial score (nSPS) is 17.8. The van der Waals surface area contributed by atoms with E-state index < -0.39 is 17.9 Å². The number of fused-ring (bicyclic) bond motifs is 1. The zero-order valence-electron chi connectivity index (χ0n) is 17.8. The van der Waals surface area contributed by atoms with Gasteiger partial charge in [0.05, 0.1) is 5.69 Å². The van der Waals surface area contributed by atoms with Gasteiger partial charge < -0.3 is 15.1 Å². The van der Waals surface area contributed by atoms with Gasteiger partial charge in [0.2, 0.25) is 11.8 Å². The van der Waals surface area contributed by atoms with Crippen LogP contribution in [0.3, 0.4) is 0 Å². The van der Waals surface area contributed by atoms with Crippen molar-refractivity contribution in [2.24, 2.45) is 0 Å². The number of carbonyl (C=O) groups excluding carboxylic acids is 4. The van der Waals surface area contributed by atoms with Crippen molar-refractivity contribution < 1.29 is 23.6 Å². The summed E-state index contributed by atoms with van der Waals surface area (Å²) in [6, 6.07) is 8.88. The van der Waals surface area contributed by atoms with Crippen LogP contribution in [-0.4, -0.2) is 48.7 Å². The highest BCUT2D eigenvalue weighted by atomic mass is 19.1. The summed E-state index contributed by atoms with van der Waals surface area (Å²) in [5, 5.41) is 5.00. The van der Waals surface area contributed by atoms with Crippen molar-refractivity contribution in [1.82, 2.24) is 15.5 Å². The maximum Gasteiger partial charge on any atom is 0.255 e. The SMILES string of the molecule is CN(C)c1ccc(CNC(=O)c2ccc3c(c2)C(=O)N(C2CCC(=O)NC2=O)C3)cc1F. The van der Waals surface area contributed by atoms with E-state index in [1.807, 2.05) is 0 Å². The molecule has 0 aliphatic carbocycles. The second-order valence-corrected chi connectivity index (χ2v) is 8.13.